The predicted octanol–water partition coefficient (Wildman–Crippen LogP) is 5.02. The third kappa shape index (κ3) is 5.73. The van der Waals surface area contributed by atoms with Crippen LogP contribution in [0.15, 0.2) is 48.0 Å². The first-order valence-electron chi connectivity index (χ1n) is 9.37. The van der Waals surface area contributed by atoms with Gasteiger partial charge in [-0.1, -0.05) is 13.0 Å². The normalized spacial score (nSPS) is 12.1. The monoisotopic (exact) mass is 471 g/mol. The maximum absolute atomic E-state index is 13.0. The molecule has 0 fully saturated rings. The van der Waals surface area contributed by atoms with Crippen LogP contribution in [0.1, 0.15) is 35.7 Å². The molecule has 31 heavy (non-hydrogen) atoms. The number of hydrogen-bond acceptors (Lipinski definition) is 5. The summed E-state index contributed by atoms with van der Waals surface area (Å²) in [5.74, 6) is -2.11. The Morgan fingerprint density at radius 2 is 1.90 bits per heavy atom. The van der Waals surface area contributed by atoms with Gasteiger partial charge in [-0.25, -0.2) is 8.42 Å². The third-order valence-corrected chi connectivity index (χ3v) is 7.03. The number of hydrogen-bond donors (Lipinski definition) is 1. The molecule has 0 saturated heterocycles. The Balaban J connectivity index is 1.99. The number of anilines is 1. The van der Waals surface area contributed by atoms with E-state index in [1.165, 1.54) is 41.8 Å². The number of benzene rings is 1. The predicted molar refractivity (Wildman–Crippen MR) is 114 cm³/mol. The first kappa shape index (κ1) is 23.0. The highest BCUT2D eigenvalue weighted by Crippen LogP contribution is 2.31. The molecular formula is C20H20F3N3O3S2. The quantitative estimate of drug-likeness (QED) is 0.444. The summed E-state index contributed by atoms with van der Waals surface area (Å²) in [5, 5.41) is 8.53. The summed E-state index contributed by atoms with van der Waals surface area (Å²) in [6, 6.07) is 9.15. The van der Waals surface area contributed by atoms with Crippen molar-refractivity contribution in [2.45, 2.75) is 32.5 Å². The van der Waals surface area contributed by atoms with Gasteiger partial charge in [0.05, 0.1) is 29.0 Å². The molecule has 0 aliphatic carbocycles. The fourth-order valence-corrected chi connectivity index (χ4v) is 5.14. The molecule has 0 radical (unpaired) electrons. The molecule has 0 bridgehead atoms. The number of thiophene rings is 1. The highest BCUT2D eigenvalue weighted by molar-refractivity contribution is 7.92. The summed E-state index contributed by atoms with van der Waals surface area (Å²) < 4.78 is 65.1. The van der Waals surface area contributed by atoms with Crippen LogP contribution in [0.2, 0.25) is 0 Å². The second kappa shape index (κ2) is 9.23. The molecule has 0 saturated carbocycles. The number of rotatable bonds is 9. The van der Waals surface area contributed by atoms with Crippen LogP contribution in [0.25, 0.3) is 10.6 Å². The average molecular weight is 472 g/mol. The van der Waals surface area contributed by atoms with Crippen molar-refractivity contribution in [1.29, 1.82) is 0 Å². The second-order valence-electron chi connectivity index (χ2n) is 6.85. The van der Waals surface area contributed by atoms with Crippen LogP contribution >= 0.6 is 11.3 Å². The Kier molecular flexibility index (Phi) is 6.85. The Bertz CT molecular complexity index is 1120. The van der Waals surface area contributed by atoms with E-state index in [0.717, 1.165) is 4.88 Å². The molecular weight excluding hydrogens is 451 g/mol. The van der Waals surface area contributed by atoms with Gasteiger partial charge in [-0.3, -0.25) is 14.2 Å². The molecule has 0 amide bonds. The molecule has 6 nitrogen and oxygen atoms in total. The maximum Gasteiger partial charge on any atom is 0.404 e. The maximum atomic E-state index is 13.0. The Hall–Kier alpha value is -2.66. The number of aromatic nitrogens is 2. The molecule has 0 unspecified atom stereocenters. The zero-order valence-corrected chi connectivity index (χ0v) is 18.1. The van der Waals surface area contributed by atoms with E-state index in [1.54, 1.807) is 12.1 Å². The van der Waals surface area contributed by atoms with Crippen molar-refractivity contribution in [3.63, 3.8) is 0 Å². The number of halogens is 3. The van der Waals surface area contributed by atoms with E-state index in [9.17, 15) is 26.4 Å². The minimum absolute atomic E-state index is 0.0376. The second-order valence-corrected chi connectivity index (χ2v) is 9.69. The molecule has 1 N–H and O–H groups in total. The zero-order valence-electron chi connectivity index (χ0n) is 16.5. The standard InChI is InChI=1S/C20H20F3N3O3S2/c1-2-4-17(27)14-6-8-16(9-7-14)26(31(28,29)13-20(21,22)23)12-15-11-24-25-19(15)18-5-3-10-30-18/h3,5-11H,2,4,12-13H2,1H3,(H,24,25). The number of H-pyrrole nitrogens is 1. The molecule has 2 heterocycles. The number of Topliss-reactive ketones (excluding diaryl/α,β-unsaturated/α-hetero) is 1. The lowest BCUT2D eigenvalue weighted by molar-refractivity contribution is -0.106. The number of nitrogens with one attached hydrogen (secondary N) is 1. The van der Waals surface area contributed by atoms with Gasteiger partial charge in [0.1, 0.15) is 0 Å². The van der Waals surface area contributed by atoms with E-state index in [2.05, 4.69) is 10.2 Å². The number of nitrogens with zero attached hydrogens (tertiary/aromatic N) is 2. The minimum Gasteiger partial charge on any atom is -0.294 e. The van der Waals surface area contributed by atoms with E-state index >= 15 is 0 Å². The Morgan fingerprint density at radius 1 is 1.19 bits per heavy atom. The number of alkyl halides is 3. The number of aromatic amines is 1. The number of ketones is 1. The van der Waals surface area contributed by atoms with Crippen molar-refractivity contribution in [3.05, 3.63) is 59.1 Å². The molecule has 11 heteroatoms. The molecule has 166 valence electrons. The molecule has 2 aromatic heterocycles. The van der Waals surface area contributed by atoms with Crippen molar-refractivity contribution >= 4 is 32.8 Å². The molecule has 0 atom stereocenters. The van der Waals surface area contributed by atoms with Crippen LogP contribution in [0.3, 0.4) is 0 Å². The third-order valence-electron chi connectivity index (χ3n) is 4.44. The fraction of sp³-hybridized carbons (Fsp3) is 0.300. The van der Waals surface area contributed by atoms with E-state index in [-0.39, 0.29) is 18.0 Å². The first-order valence-corrected chi connectivity index (χ1v) is 11.9. The van der Waals surface area contributed by atoms with Crippen molar-refractivity contribution in [2.24, 2.45) is 0 Å². The van der Waals surface area contributed by atoms with Crippen LogP contribution in [0.4, 0.5) is 18.9 Å². The molecule has 1 aromatic carbocycles. The summed E-state index contributed by atoms with van der Waals surface area (Å²) in [4.78, 5) is 12.8. The van der Waals surface area contributed by atoms with Gasteiger partial charge in [-0.15, -0.1) is 11.3 Å². The van der Waals surface area contributed by atoms with Gasteiger partial charge < -0.3 is 0 Å². The van der Waals surface area contributed by atoms with Crippen molar-refractivity contribution in [1.82, 2.24) is 10.2 Å². The van der Waals surface area contributed by atoms with Crippen LogP contribution in [0.5, 0.6) is 0 Å². The van der Waals surface area contributed by atoms with Gasteiger partial charge >= 0.3 is 6.18 Å². The lowest BCUT2D eigenvalue weighted by Gasteiger charge is -2.25. The fourth-order valence-electron chi connectivity index (χ4n) is 3.04. The topological polar surface area (TPSA) is 83.1 Å². The lowest BCUT2D eigenvalue weighted by Crippen LogP contribution is -2.37. The minimum atomic E-state index is -4.90. The van der Waals surface area contributed by atoms with Gasteiger partial charge in [0, 0.05) is 17.5 Å². The number of sulfonamides is 1. The summed E-state index contributed by atoms with van der Waals surface area (Å²) >= 11 is 1.39. The highest BCUT2D eigenvalue weighted by atomic mass is 32.2. The van der Waals surface area contributed by atoms with E-state index < -0.39 is 22.0 Å². The average Bonchev–Trinajstić information content (AvgIpc) is 3.36. The van der Waals surface area contributed by atoms with Crippen molar-refractivity contribution < 1.29 is 26.4 Å². The van der Waals surface area contributed by atoms with Crippen LogP contribution in [0, 0.1) is 0 Å². The number of carbonyl (C=O) groups excluding carboxylic acids is 1. The van der Waals surface area contributed by atoms with Crippen LogP contribution in [-0.4, -0.2) is 36.3 Å². The molecule has 3 aromatic rings. The van der Waals surface area contributed by atoms with Crippen LogP contribution < -0.4 is 4.31 Å². The summed E-state index contributed by atoms with van der Waals surface area (Å²) in [7, 11) is -4.75. The summed E-state index contributed by atoms with van der Waals surface area (Å²) in [6.07, 6.45) is -2.53. The summed E-state index contributed by atoms with van der Waals surface area (Å²) in [6.45, 7) is 1.51. The van der Waals surface area contributed by atoms with Crippen LogP contribution in [-0.2, 0) is 16.6 Å². The Labute approximate surface area is 181 Å². The molecule has 3 rings (SSSR count). The largest absolute Gasteiger partial charge is 0.404 e. The van der Waals surface area contributed by atoms with E-state index in [0.29, 0.717) is 34.0 Å². The van der Waals surface area contributed by atoms with Gasteiger partial charge in [-0.2, -0.15) is 18.3 Å². The first-order chi connectivity index (χ1) is 14.6. The van der Waals surface area contributed by atoms with E-state index in [1.807, 2.05) is 12.3 Å². The van der Waals surface area contributed by atoms with Crippen molar-refractivity contribution in [2.75, 3.05) is 10.1 Å². The van der Waals surface area contributed by atoms with Gasteiger partial charge in [0.15, 0.2) is 11.5 Å². The lowest BCUT2D eigenvalue weighted by atomic mass is 10.1. The molecule has 0 aliphatic heterocycles. The summed E-state index contributed by atoms with van der Waals surface area (Å²) in [5.41, 5.74) is 1.38. The number of carbonyl (C=O) groups is 1. The smallest absolute Gasteiger partial charge is 0.294 e. The zero-order chi connectivity index (χ0) is 22.6. The highest BCUT2D eigenvalue weighted by Gasteiger charge is 2.39. The van der Waals surface area contributed by atoms with Gasteiger partial charge in [-0.05, 0) is 42.1 Å². The van der Waals surface area contributed by atoms with E-state index in [4.69, 9.17) is 0 Å². The molecule has 0 spiro atoms. The van der Waals surface area contributed by atoms with Gasteiger partial charge in [0.25, 0.3) is 0 Å². The van der Waals surface area contributed by atoms with Gasteiger partial charge in [0.2, 0.25) is 10.0 Å². The Morgan fingerprint density at radius 3 is 2.48 bits per heavy atom. The SMILES string of the molecule is CCCC(=O)c1ccc(N(Cc2cn[nH]c2-c2cccs2)S(=O)(=O)CC(F)(F)F)cc1. The molecule has 0 aliphatic rings. The van der Waals surface area contributed by atoms with Crippen molar-refractivity contribution in [3.8, 4) is 10.6 Å².